The van der Waals surface area contributed by atoms with Crippen LogP contribution in [0.3, 0.4) is 0 Å². The fourth-order valence-corrected chi connectivity index (χ4v) is 4.62. The number of hydrogen-bond donors (Lipinski definition) is 0. The summed E-state index contributed by atoms with van der Waals surface area (Å²) in [5.74, 6) is -0.287. The largest absolute Gasteiger partial charge is 0.330 e. The summed E-state index contributed by atoms with van der Waals surface area (Å²) in [6.45, 7) is 17.0. The highest BCUT2D eigenvalue weighted by atomic mass is 31.1. The lowest BCUT2D eigenvalue weighted by molar-refractivity contribution is -0.252. The lowest BCUT2D eigenvalue weighted by Crippen LogP contribution is -2.53. The predicted molar refractivity (Wildman–Crippen MR) is 102 cm³/mol. The molecule has 0 spiro atoms. The molecule has 1 aliphatic carbocycles. The summed E-state index contributed by atoms with van der Waals surface area (Å²) in [6.07, 6.45) is 8.40. The van der Waals surface area contributed by atoms with Crippen LogP contribution in [-0.4, -0.2) is 29.1 Å². The van der Waals surface area contributed by atoms with Crippen molar-refractivity contribution in [2.75, 3.05) is 6.61 Å². The second-order valence-corrected chi connectivity index (χ2v) is 9.95. The summed E-state index contributed by atoms with van der Waals surface area (Å²) in [7, 11) is -2.27. The molecule has 5 heteroatoms. The van der Waals surface area contributed by atoms with Crippen molar-refractivity contribution in [3.05, 3.63) is 23.8 Å². The van der Waals surface area contributed by atoms with Crippen LogP contribution in [0.5, 0.6) is 0 Å². The Labute approximate surface area is 149 Å². The fraction of sp³-hybridized carbons (Fsp3) is 0.789. The monoisotopic (exact) mass is 357 g/mol. The van der Waals surface area contributed by atoms with Crippen LogP contribution in [0.15, 0.2) is 23.8 Å². The SMILES string of the molecule is CCO[PH](=O)C(N(OC(C)C1=CC=CCC1)C(C)(C)C)C(C)(C)C. The molecule has 0 aromatic rings. The van der Waals surface area contributed by atoms with Gasteiger partial charge in [0, 0.05) is 5.54 Å². The van der Waals surface area contributed by atoms with Crippen LogP contribution >= 0.6 is 8.03 Å². The van der Waals surface area contributed by atoms with Crippen molar-refractivity contribution >= 4 is 8.03 Å². The van der Waals surface area contributed by atoms with Gasteiger partial charge in [-0.2, -0.15) is 5.06 Å². The molecule has 0 fully saturated rings. The van der Waals surface area contributed by atoms with Crippen LogP contribution in [0.4, 0.5) is 0 Å². The summed E-state index contributed by atoms with van der Waals surface area (Å²) < 4.78 is 18.4. The predicted octanol–water partition coefficient (Wildman–Crippen LogP) is 5.57. The molecule has 3 unspecified atom stereocenters. The molecule has 0 bridgehead atoms. The maximum atomic E-state index is 12.9. The van der Waals surface area contributed by atoms with Gasteiger partial charge in [0.1, 0.15) is 5.78 Å². The maximum absolute atomic E-state index is 12.9. The van der Waals surface area contributed by atoms with E-state index in [1.165, 1.54) is 5.57 Å². The normalized spacial score (nSPS) is 20.0. The van der Waals surface area contributed by atoms with Crippen LogP contribution in [-0.2, 0) is 13.9 Å². The molecule has 0 aromatic carbocycles. The molecule has 0 heterocycles. The average molecular weight is 357 g/mol. The molecular weight excluding hydrogens is 321 g/mol. The second kappa shape index (κ2) is 8.80. The number of allylic oxidation sites excluding steroid dienone is 3. The Balaban J connectivity index is 3.11. The smallest absolute Gasteiger partial charge is 0.211 e. The second-order valence-electron chi connectivity index (χ2n) is 8.47. The van der Waals surface area contributed by atoms with Crippen LogP contribution in [0.25, 0.3) is 0 Å². The molecule has 4 nitrogen and oxygen atoms in total. The number of nitrogens with zero attached hydrogens (tertiary/aromatic N) is 1. The zero-order valence-electron chi connectivity index (χ0n) is 16.7. The lowest BCUT2D eigenvalue weighted by Gasteiger charge is -2.46. The van der Waals surface area contributed by atoms with Crippen LogP contribution in [0.1, 0.15) is 68.2 Å². The third kappa shape index (κ3) is 6.15. The first-order valence-electron chi connectivity index (χ1n) is 8.96. The number of rotatable bonds is 7. The summed E-state index contributed by atoms with van der Waals surface area (Å²) in [5, 5.41) is 1.92. The van der Waals surface area contributed by atoms with E-state index in [1.54, 1.807) is 0 Å². The van der Waals surface area contributed by atoms with E-state index in [1.807, 2.05) is 12.0 Å². The minimum Gasteiger partial charge on any atom is -0.330 e. The number of hydroxylamine groups is 2. The fourth-order valence-electron chi connectivity index (χ4n) is 2.83. The van der Waals surface area contributed by atoms with E-state index in [9.17, 15) is 4.57 Å². The number of hydrogen-bond acceptors (Lipinski definition) is 4. The molecule has 0 aromatic heterocycles. The Morgan fingerprint density at radius 2 is 1.88 bits per heavy atom. The average Bonchev–Trinajstić information content (AvgIpc) is 2.45. The Morgan fingerprint density at radius 1 is 1.25 bits per heavy atom. The molecule has 1 rings (SSSR count). The first-order valence-corrected chi connectivity index (χ1v) is 10.4. The van der Waals surface area contributed by atoms with Crippen molar-refractivity contribution in [3.8, 4) is 0 Å². The Morgan fingerprint density at radius 3 is 2.29 bits per heavy atom. The molecule has 24 heavy (non-hydrogen) atoms. The van der Waals surface area contributed by atoms with Gasteiger partial charge in [-0.1, -0.05) is 39.0 Å². The zero-order chi connectivity index (χ0) is 18.5. The van der Waals surface area contributed by atoms with Crippen molar-refractivity contribution in [2.24, 2.45) is 5.41 Å². The molecule has 1 aliphatic rings. The maximum Gasteiger partial charge on any atom is 0.211 e. The van der Waals surface area contributed by atoms with E-state index in [0.29, 0.717) is 6.61 Å². The molecule has 140 valence electrons. The van der Waals surface area contributed by atoms with Crippen molar-refractivity contribution in [1.29, 1.82) is 0 Å². The van der Waals surface area contributed by atoms with Crippen LogP contribution < -0.4 is 0 Å². The van der Waals surface area contributed by atoms with Gasteiger partial charge in [0.05, 0.1) is 12.7 Å². The molecule has 0 N–H and O–H groups in total. The summed E-state index contributed by atoms with van der Waals surface area (Å²) in [4.78, 5) is 6.39. The van der Waals surface area contributed by atoms with Gasteiger partial charge in [-0.15, -0.1) is 0 Å². The highest BCUT2D eigenvalue weighted by Crippen LogP contribution is 2.46. The molecule has 0 radical (unpaired) electrons. The van der Waals surface area contributed by atoms with E-state index < -0.39 is 8.03 Å². The van der Waals surface area contributed by atoms with Crippen molar-refractivity contribution in [3.63, 3.8) is 0 Å². The summed E-state index contributed by atoms with van der Waals surface area (Å²) in [5.41, 5.74) is 0.767. The highest BCUT2D eigenvalue weighted by Gasteiger charge is 2.42. The lowest BCUT2D eigenvalue weighted by atomic mass is 9.94. The van der Waals surface area contributed by atoms with Crippen molar-refractivity contribution in [1.82, 2.24) is 5.06 Å². The van der Waals surface area contributed by atoms with E-state index in [2.05, 4.69) is 66.7 Å². The molecule has 0 saturated heterocycles. The molecular formula is C19H36NO3P. The third-order valence-electron chi connectivity index (χ3n) is 4.07. The van der Waals surface area contributed by atoms with E-state index in [0.717, 1.165) is 12.8 Å². The minimum absolute atomic E-state index is 0.0459. The third-order valence-corrected chi connectivity index (χ3v) is 6.19. The van der Waals surface area contributed by atoms with Crippen molar-refractivity contribution in [2.45, 2.75) is 85.7 Å². The Kier molecular flexibility index (Phi) is 7.93. The van der Waals surface area contributed by atoms with Gasteiger partial charge in [0.15, 0.2) is 0 Å². The van der Waals surface area contributed by atoms with Gasteiger partial charge in [-0.3, -0.25) is 9.40 Å². The van der Waals surface area contributed by atoms with Crippen LogP contribution in [0, 0.1) is 5.41 Å². The standard InChI is InChI=1S/C19H36NO3P/c1-9-22-24(21)17(18(3,4)5)20(19(6,7)8)23-15(2)16-13-11-10-12-14-16/h10-11,13,15,17,24H,9,12,14H2,1-8H3. The Hall–Kier alpha value is -0.410. The summed E-state index contributed by atoms with van der Waals surface area (Å²) >= 11 is 0. The van der Waals surface area contributed by atoms with Gasteiger partial charge in [0.2, 0.25) is 8.03 Å². The topological polar surface area (TPSA) is 38.8 Å². The van der Waals surface area contributed by atoms with Gasteiger partial charge in [-0.25, -0.2) is 0 Å². The van der Waals surface area contributed by atoms with Gasteiger partial charge in [-0.05, 0) is 58.4 Å². The summed E-state index contributed by atoms with van der Waals surface area (Å²) in [6, 6.07) is 0. The first kappa shape index (κ1) is 21.6. The minimum atomic E-state index is -2.27. The van der Waals surface area contributed by atoms with Crippen molar-refractivity contribution < 1.29 is 13.9 Å². The van der Waals surface area contributed by atoms with Gasteiger partial charge in [0.25, 0.3) is 0 Å². The molecule has 0 saturated carbocycles. The van der Waals surface area contributed by atoms with Gasteiger partial charge < -0.3 is 4.52 Å². The zero-order valence-corrected chi connectivity index (χ0v) is 17.7. The molecule has 3 atom stereocenters. The molecule has 0 aliphatic heterocycles. The van der Waals surface area contributed by atoms with Crippen LogP contribution in [0.2, 0.25) is 0 Å². The first-order chi connectivity index (χ1) is 11.0. The van der Waals surface area contributed by atoms with E-state index in [-0.39, 0.29) is 22.8 Å². The van der Waals surface area contributed by atoms with Gasteiger partial charge >= 0.3 is 0 Å². The quantitative estimate of drug-likeness (QED) is 0.441. The van der Waals surface area contributed by atoms with E-state index >= 15 is 0 Å². The van der Waals surface area contributed by atoms with E-state index in [4.69, 9.17) is 9.36 Å². The molecule has 0 amide bonds. The highest BCUT2D eigenvalue weighted by molar-refractivity contribution is 7.40. The Bertz CT molecular complexity index is 486.